The summed E-state index contributed by atoms with van der Waals surface area (Å²) in [6, 6.07) is 6.02. The molecule has 3 aromatic rings. The predicted octanol–water partition coefficient (Wildman–Crippen LogP) is 1.14. The molecule has 2 heterocycles. The number of aryl methyl sites for hydroxylation is 2. The quantitative estimate of drug-likeness (QED) is 0.110. The smallest absolute Gasteiger partial charge is 0.328 e. The number of nitrogen functional groups attached to an aromatic ring is 1. The predicted molar refractivity (Wildman–Crippen MR) is 148 cm³/mol. The number of rotatable bonds is 16. The number of hydrogen-bond acceptors (Lipinski definition) is 9. The molecular formula is C27H36N6O7. The molecule has 0 unspecified atom stereocenters. The molecular weight excluding hydrogens is 520 g/mol. The molecule has 0 saturated heterocycles. The normalized spacial score (nSPS) is 12.0. The Labute approximate surface area is 230 Å². The number of carboxylic acid groups (broad SMARTS) is 1. The number of nitrogens with two attached hydrogens (primary N) is 1. The van der Waals surface area contributed by atoms with Crippen molar-refractivity contribution in [2.45, 2.75) is 51.6 Å². The Morgan fingerprint density at radius 3 is 2.55 bits per heavy atom. The highest BCUT2D eigenvalue weighted by Gasteiger charge is 2.24. The average Bonchev–Trinajstić information content (AvgIpc) is 3.32. The van der Waals surface area contributed by atoms with Gasteiger partial charge in [-0.2, -0.15) is 4.98 Å². The van der Waals surface area contributed by atoms with Gasteiger partial charge in [0.15, 0.2) is 0 Å². The standard InChI is InChI=1S/C27H36N6O7/c1-16(2)29-11-12-39-13-14-40-26(38)20(9-10-21(34)35)31-24(36)18-6-3-17(4-7-18)5-8-19-15-30-23-22(19)25(37)33-27(28)32-23/h3-4,6-7,15-16,20,29H,5,8-14H2,1-2H3,(H,31,36)(H,34,35)(H4,28,30,32,33,37)/t20-/m0/s1. The van der Waals surface area contributed by atoms with E-state index in [-0.39, 0.29) is 37.6 Å². The molecule has 3 rings (SSSR count). The van der Waals surface area contributed by atoms with Crippen molar-refractivity contribution in [1.82, 2.24) is 25.6 Å². The van der Waals surface area contributed by atoms with E-state index in [0.29, 0.717) is 48.6 Å². The van der Waals surface area contributed by atoms with Crippen LogP contribution in [0.2, 0.25) is 0 Å². The van der Waals surface area contributed by atoms with Crippen molar-refractivity contribution in [2.75, 3.05) is 32.1 Å². The maximum absolute atomic E-state index is 12.8. The third-order valence-corrected chi connectivity index (χ3v) is 6.05. The highest BCUT2D eigenvalue weighted by atomic mass is 16.6. The first kappa shape index (κ1) is 30.3. The van der Waals surface area contributed by atoms with Gasteiger partial charge in [0.25, 0.3) is 11.5 Å². The van der Waals surface area contributed by atoms with Crippen LogP contribution in [0, 0.1) is 0 Å². The van der Waals surface area contributed by atoms with Crippen LogP contribution in [0.5, 0.6) is 0 Å². The Morgan fingerprint density at radius 1 is 1.10 bits per heavy atom. The van der Waals surface area contributed by atoms with E-state index in [0.717, 1.165) is 11.1 Å². The molecule has 0 aliphatic rings. The number of hydrogen-bond donors (Lipinski definition) is 6. The molecule has 1 aromatic carbocycles. The third-order valence-electron chi connectivity index (χ3n) is 6.05. The lowest BCUT2D eigenvalue weighted by atomic mass is 10.0. The molecule has 7 N–H and O–H groups in total. The van der Waals surface area contributed by atoms with Crippen molar-refractivity contribution in [1.29, 1.82) is 0 Å². The summed E-state index contributed by atoms with van der Waals surface area (Å²) >= 11 is 0. The third kappa shape index (κ3) is 9.20. The van der Waals surface area contributed by atoms with E-state index in [1.165, 1.54) is 0 Å². The number of aliphatic carboxylic acids is 1. The second-order valence-electron chi connectivity index (χ2n) is 9.53. The monoisotopic (exact) mass is 556 g/mol. The number of aromatic nitrogens is 3. The molecule has 13 heteroatoms. The first-order valence-corrected chi connectivity index (χ1v) is 13.1. The van der Waals surface area contributed by atoms with E-state index in [9.17, 15) is 19.2 Å². The number of H-pyrrole nitrogens is 2. The largest absolute Gasteiger partial charge is 0.481 e. The van der Waals surface area contributed by atoms with E-state index >= 15 is 0 Å². The molecule has 0 aliphatic heterocycles. The minimum Gasteiger partial charge on any atom is -0.481 e. The molecule has 1 atom stereocenters. The van der Waals surface area contributed by atoms with E-state index in [4.69, 9.17) is 20.3 Å². The minimum absolute atomic E-state index is 0.0135. The van der Waals surface area contributed by atoms with Crippen LogP contribution in [0.15, 0.2) is 35.3 Å². The molecule has 0 spiro atoms. The second kappa shape index (κ2) is 14.8. The molecule has 216 valence electrons. The summed E-state index contributed by atoms with van der Waals surface area (Å²) in [6.45, 7) is 5.33. The zero-order chi connectivity index (χ0) is 29.1. The van der Waals surface area contributed by atoms with Crippen LogP contribution in [0.4, 0.5) is 5.95 Å². The first-order valence-electron chi connectivity index (χ1n) is 13.1. The Kier molecular flexibility index (Phi) is 11.2. The number of fused-ring (bicyclic) bond motifs is 1. The fraction of sp³-hybridized carbons (Fsp3) is 0.444. The average molecular weight is 557 g/mol. The van der Waals surface area contributed by atoms with Gasteiger partial charge in [0.1, 0.15) is 18.3 Å². The molecule has 0 saturated carbocycles. The van der Waals surface area contributed by atoms with Gasteiger partial charge in [-0.3, -0.25) is 19.4 Å². The number of carbonyl (C=O) groups excluding carboxylic acids is 2. The van der Waals surface area contributed by atoms with Gasteiger partial charge in [0, 0.05) is 30.8 Å². The van der Waals surface area contributed by atoms with Crippen molar-refractivity contribution in [3.05, 3.63) is 57.5 Å². The maximum Gasteiger partial charge on any atom is 0.328 e. The summed E-state index contributed by atoms with van der Waals surface area (Å²) in [4.78, 5) is 58.2. The van der Waals surface area contributed by atoms with Crippen LogP contribution in [-0.4, -0.2) is 76.4 Å². The number of esters is 1. The van der Waals surface area contributed by atoms with Gasteiger partial charge < -0.3 is 35.9 Å². The summed E-state index contributed by atoms with van der Waals surface area (Å²) in [5.74, 6) is -2.30. The van der Waals surface area contributed by atoms with Crippen LogP contribution >= 0.6 is 0 Å². The fourth-order valence-corrected chi connectivity index (χ4v) is 4.00. The summed E-state index contributed by atoms with van der Waals surface area (Å²) in [5.41, 5.74) is 7.72. The van der Waals surface area contributed by atoms with E-state index in [1.54, 1.807) is 30.5 Å². The fourth-order valence-electron chi connectivity index (χ4n) is 4.00. The van der Waals surface area contributed by atoms with Gasteiger partial charge in [0.2, 0.25) is 5.95 Å². The summed E-state index contributed by atoms with van der Waals surface area (Å²) < 4.78 is 10.6. The number of carboxylic acids is 1. The van der Waals surface area contributed by atoms with Crippen molar-refractivity contribution in [2.24, 2.45) is 0 Å². The SMILES string of the molecule is CC(C)NCCOCCOC(=O)[C@H](CCC(=O)O)NC(=O)c1ccc(CCc2c[nH]c3nc(N)[nH]c(=O)c23)cc1. The number of anilines is 1. The molecule has 0 aliphatic carbocycles. The number of amides is 1. The Morgan fingerprint density at radius 2 is 1.85 bits per heavy atom. The number of aromatic amines is 2. The Bertz CT molecular complexity index is 1350. The van der Waals surface area contributed by atoms with Crippen molar-refractivity contribution in [3.63, 3.8) is 0 Å². The van der Waals surface area contributed by atoms with Gasteiger partial charge in [-0.25, -0.2) is 4.79 Å². The summed E-state index contributed by atoms with van der Waals surface area (Å²) in [7, 11) is 0. The summed E-state index contributed by atoms with van der Waals surface area (Å²) in [5, 5.41) is 15.3. The number of benzene rings is 1. The highest BCUT2D eigenvalue weighted by molar-refractivity contribution is 5.96. The highest BCUT2D eigenvalue weighted by Crippen LogP contribution is 2.16. The lowest BCUT2D eigenvalue weighted by Crippen LogP contribution is -2.42. The number of ether oxygens (including phenoxy) is 2. The Balaban J connectivity index is 1.52. The molecule has 40 heavy (non-hydrogen) atoms. The van der Waals surface area contributed by atoms with E-state index in [1.807, 2.05) is 13.8 Å². The minimum atomic E-state index is -1.12. The van der Waals surface area contributed by atoms with Gasteiger partial charge in [-0.15, -0.1) is 0 Å². The van der Waals surface area contributed by atoms with Crippen LogP contribution < -0.4 is 21.9 Å². The first-order chi connectivity index (χ1) is 19.1. The molecule has 2 aromatic heterocycles. The van der Waals surface area contributed by atoms with Gasteiger partial charge in [0.05, 0.1) is 18.6 Å². The van der Waals surface area contributed by atoms with Crippen molar-refractivity contribution < 1.29 is 29.0 Å². The number of nitrogens with one attached hydrogen (secondary N) is 4. The van der Waals surface area contributed by atoms with Gasteiger partial charge >= 0.3 is 11.9 Å². The Hall–Kier alpha value is -4.23. The molecule has 0 radical (unpaired) electrons. The number of carbonyl (C=O) groups is 3. The van der Waals surface area contributed by atoms with E-state index in [2.05, 4.69) is 25.6 Å². The summed E-state index contributed by atoms with van der Waals surface area (Å²) in [6.07, 6.45) is 2.46. The topological polar surface area (TPSA) is 202 Å². The lowest BCUT2D eigenvalue weighted by Gasteiger charge is -2.17. The molecule has 0 bridgehead atoms. The number of nitrogens with zero attached hydrogens (tertiary/aromatic N) is 1. The van der Waals surface area contributed by atoms with Crippen molar-refractivity contribution in [3.8, 4) is 0 Å². The van der Waals surface area contributed by atoms with Crippen molar-refractivity contribution >= 4 is 34.8 Å². The molecule has 1 amide bonds. The maximum atomic E-state index is 12.8. The molecule has 13 nitrogen and oxygen atoms in total. The zero-order valence-corrected chi connectivity index (χ0v) is 22.6. The van der Waals surface area contributed by atoms with Crippen LogP contribution in [0.25, 0.3) is 11.0 Å². The lowest BCUT2D eigenvalue weighted by molar-refractivity contribution is -0.148. The van der Waals surface area contributed by atoms with Crippen LogP contribution in [-0.2, 0) is 31.9 Å². The van der Waals surface area contributed by atoms with Gasteiger partial charge in [-0.05, 0) is 42.5 Å². The van der Waals surface area contributed by atoms with Gasteiger partial charge in [-0.1, -0.05) is 26.0 Å². The second-order valence-corrected chi connectivity index (χ2v) is 9.53. The molecule has 0 fully saturated rings. The van der Waals surface area contributed by atoms with Crippen LogP contribution in [0.1, 0.15) is 48.2 Å². The zero-order valence-electron chi connectivity index (χ0n) is 22.6. The van der Waals surface area contributed by atoms with Crippen LogP contribution in [0.3, 0.4) is 0 Å². The van der Waals surface area contributed by atoms with E-state index < -0.39 is 23.9 Å².